The molecule has 3 atom stereocenters. The van der Waals surface area contributed by atoms with Crippen molar-refractivity contribution in [2.75, 3.05) is 0 Å². The summed E-state index contributed by atoms with van der Waals surface area (Å²) >= 11 is 0. The highest BCUT2D eigenvalue weighted by atomic mass is 19.2. The van der Waals surface area contributed by atoms with Crippen LogP contribution in [0.3, 0.4) is 0 Å². The van der Waals surface area contributed by atoms with Gasteiger partial charge in [0.05, 0.1) is 6.10 Å². The summed E-state index contributed by atoms with van der Waals surface area (Å²) < 4.78 is 35.7. The smallest absolute Gasteiger partial charge is 0.201 e. The zero-order chi connectivity index (χ0) is 22.5. The highest BCUT2D eigenvalue weighted by Crippen LogP contribution is 2.43. The third-order valence-electron chi connectivity index (χ3n) is 8.58. The van der Waals surface area contributed by atoms with Crippen molar-refractivity contribution in [2.24, 2.45) is 23.7 Å². The summed E-state index contributed by atoms with van der Waals surface area (Å²) in [4.78, 5) is 0. The van der Waals surface area contributed by atoms with Gasteiger partial charge in [0.1, 0.15) is 0 Å². The van der Waals surface area contributed by atoms with E-state index in [1.54, 1.807) is 12.1 Å². The quantitative estimate of drug-likeness (QED) is 0.388. The van der Waals surface area contributed by atoms with Gasteiger partial charge in [0.25, 0.3) is 0 Å². The summed E-state index contributed by atoms with van der Waals surface area (Å²) in [5.74, 6) is 1.70. The van der Waals surface area contributed by atoms with Gasteiger partial charge in [-0.05, 0) is 92.7 Å². The van der Waals surface area contributed by atoms with E-state index in [1.807, 2.05) is 0 Å². The third kappa shape index (κ3) is 5.57. The largest absolute Gasteiger partial charge is 0.487 e. The number of hydrogen-bond acceptors (Lipinski definition) is 1. The Morgan fingerprint density at radius 1 is 0.812 bits per heavy atom. The molecule has 0 amide bonds. The molecule has 3 aliphatic carbocycles. The maximum absolute atomic E-state index is 15.0. The lowest BCUT2D eigenvalue weighted by atomic mass is 9.70. The first kappa shape index (κ1) is 23.8. The molecule has 32 heavy (non-hydrogen) atoms. The van der Waals surface area contributed by atoms with Crippen molar-refractivity contribution in [3.05, 3.63) is 35.4 Å². The van der Waals surface area contributed by atoms with Gasteiger partial charge in [-0.25, -0.2) is 4.39 Å². The average molecular weight is 445 g/mol. The van der Waals surface area contributed by atoms with E-state index < -0.39 is 11.6 Å². The first-order chi connectivity index (χ1) is 15.6. The van der Waals surface area contributed by atoms with Crippen LogP contribution in [0, 0.1) is 35.3 Å². The molecule has 1 nitrogen and oxygen atoms in total. The lowest BCUT2D eigenvalue weighted by molar-refractivity contribution is 0.189. The van der Waals surface area contributed by atoms with Crippen molar-refractivity contribution in [1.29, 1.82) is 0 Å². The molecule has 0 spiro atoms. The van der Waals surface area contributed by atoms with Crippen molar-refractivity contribution in [1.82, 2.24) is 0 Å². The molecule has 3 unspecified atom stereocenters. The molecule has 2 fully saturated rings. The van der Waals surface area contributed by atoms with E-state index in [1.165, 1.54) is 51.4 Å². The maximum atomic E-state index is 15.0. The Bertz CT molecular complexity index is 778. The van der Waals surface area contributed by atoms with Gasteiger partial charge in [0.15, 0.2) is 11.6 Å². The van der Waals surface area contributed by atoms with Crippen LogP contribution in [0.5, 0.6) is 5.75 Å². The number of benzene rings is 1. The Balaban J connectivity index is 1.35. The summed E-state index contributed by atoms with van der Waals surface area (Å²) in [7, 11) is 0. The topological polar surface area (TPSA) is 9.23 Å². The second-order valence-corrected chi connectivity index (χ2v) is 10.8. The SMILES string of the molecule is CCCC1CCC(C2CC=C(c3ccc(OC4CCC(CCC)C4)c(F)c3F)CC2)CC1. The Kier molecular flexibility index (Phi) is 8.29. The molecule has 0 N–H and O–H groups in total. The van der Waals surface area contributed by atoms with Crippen molar-refractivity contribution in [3.8, 4) is 5.75 Å². The van der Waals surface area contributed by atoms with E-state index in [2.05, 4.69) is 19.9 Å². The minimum absolute atomic E-state index is 0.0216. The highest BCUT2D eigenvalue weighted by molar-refractivity contribution is 5.67. The van der Waals surface area contributed by atoms with Crippen LogP contribution in [-0.4, -0.2) is 6.10 Å². The minimum atomic E-state index is -0.807. The molecular weight excluding hydrogens is 402 g/mol. The fourth-order valence-corrected chi connectivity index (χ4v) is 6.74. The molecule has 4 rings (SSSR count). The predicted octanol–water partition coefficient (Wildman–Crippen LogP) is 9.10. The van der Waals surface area contributed by atoms with E-state index >= 15 is 0 Å². The molecule has 0 bridgehead atoms. The van der Waals surface area contributed by atoms with Crippen LogP contribution < -0.4 is 4.74 Å². The fraction of sp³-hybridized carbons (Fsp3) is 0.724. The number of halogens is 2. The van der Waals surface area contributed by atoms with E-state index in [4.69, 9.17) is 4.74 Å². The second kappa shape index (κ2) is 11.2. The van der Waals surface area contributed by atoms with Gasteiger partial charge in [-0.15, -0.1) is 0 Å². The molecule has 3 aliphatic rings. The standard InChI is InChI=1S/C29H42F2O/c1-3-5-20-7-10-22(11-8-20)23-12-14-24(15-13-23)26-17-18-27(29(31)28(26)30)32-25-16-9-21(19-25)6-4-2/h14,17-18,20-23,25H,3-13,15-16,19H2,1-2H3. The van der Waals surface area contributed by atoms with Gasteiger partial charge in [-0.1, -0.05) is 58.4 Å². The van der Waals surface area contributed by atoms with Gasteiger partial charge in [-0.2, -0.15) is 4.39 Å². The van der Waals surface area contributed by atoms with Crippen molar-refractivity contribution >= 4 is 5.57 Å². The van der Waals surface area contributed by atoms with Crippen LogP contribution in [0.2, 0.25) is 0 Å². The molecule has 0 saturated heterocycles. The zero-order valence-corrected chi connectivity index (χ0v) is 20.2. The monoisotopic (exact) mass is 444 g/mol. The summed E-state index contributed by atoms with van der Waals surface area (Å²) in [6, 6.07) is 3.40. The summed E-state index contributed by atoms with van der Waals surface area (Å²) in [6.45, 7) is 4.49. The average Bonchev–Trinajstić information content (AvgIpc) is 3.25. The maximum Gasteiger partial charge on any atom is 0.201 e. The second-order valence-electron chi connectivity index (χ2n) is 10.8. The normalized spacial score (nSPS) is 30.9. The summed E-state index contributed by atoms with van der Waals surface area (Å²) in [5.41, 5.74) is 1.42. The summed E-state index contributed by atoms with van der Waals surface area (Å²) in [5, 5.41) is 0. The van der Waals surface area contributed by atoms with Crippen LogP contribution in [-0.2, 0) is 0 Å². The molecule has 2 saturated carbocycles. The fourth-order valence-electron chi connectivity index (χ4n) is 6.74. The van der Waals surface area contributed by atoms with Gasteiger partial charge in [0, 0.05) is 5.56 Å². The molecule has 0 heterocycles. The van der Waals surface area contributed by atoms with Crippen LogP contribution in [0.25, 0.3) is 5.57 Å². The van der Waals surface area contributed by atoms with Crippen LogP contribution in [0.4, 0.5) is 8.78 Å². The number of ether oxygens (including phenoxy) is 1. The van der Waals surface area contributed by atoms with Crippen molar-refractivity contribution in [3.63, 3.8) is 0 Å². The van der Waals surface area contributed by atoms with Crippen molar-refractivity contribution < 1.29 is 13.5 Å². The molecule has 178 valence electrons. The molecule has 0 radical (unpaired) electrons. The molecule has 1 aromatic rings. The zero-order valence-electron chi connectivity index (χ0n) is 20.2. The van der Waals surface area contributed by atoms with Gasteiger partial charge < -0.3 is 4.74 Å². The van der Waals surface area contributed by atoms with E-state index in [9.17, 15) is 8.78 Å². The molecular formula is C29H42F2O. The van der Waals surface area contributed by atoms with Gasteiger partial charge >= 0.3 is 0 Å². The predicted molar refractivity (Wildman–Crippen MR) is 129 cm³/mol. The third-order valence-corrected chi connectivity index (χ3v) is 8.58. The van der Waals surface area contributed by atoms with Gasteiger partial charge in [-0.3, -0.25) is 0 Å². The van der Waals surface area contributed by atoms with E-state index in [0.717, 1.165) is 61.9 Å². The highest BCUT2D eigenvalue weighted by Gasteiger charge is 2.30. The van der Waals surface area contributed by atoms with E-state index in [0.29, 0.717) is 11.5 Å². The Morgan fingerprint density at radius 2 is 1.53 bits per heavy atom. The summed E-state index contributed by atoms with van der Waals surface area (Å²) in [6.07, 6.45) is 18.8. The van der Waals surface area contributed by atoms with Crippen LogP contribution in [0.15, 0.2) is 18.2 Å². The Morgan fingerprint density at radius 3 is 2.22 bits per heavy atom. The Labute approximate surface area is 194 Å². The lowest BCUT2D eigenvalue weighted by Crippen LogP contribution is -2.23. The number of rotatable bonds is 8. The number of allylic oxidation sites excluding steroid dienone is 2. The van der Waals surface area contributed by atoms with Crippen LogP contribution in [0.1, 0.15) is 109 Å². The Hall–Kier alpha value is -1.38. The molecule has 0 aromatic heterocycles. The minimum Gasteiger partial charge on any atom is -0.487 e. The van der Waals surface area contributed by atoms with E-state index in [-0.39, 0.29) is 11.9 Å². The molecule has 3 heteroatoms. The molecule has 0 aliphatic heterocycles. The van der Waals surface area contributed by atoms with Crippen LogP contribution >= 0.6 is 0 Å². The van der Waals surface area contributed by atoms with Gasteiger partial charge in [0.2, 0.25) is 5.82 Å². The first-order valence-corrected chi connectivity index (χ1v) is 13.4. The molecule has 1 aromatic carbocycles. The lowest BCUT2D eigenvalue weighted by Gasteiger charge is -2.35. The first-order valence-electron chi connectivity index (χ1n) is 13.4. The number of hydrogen-bond donors (Lipinski definition) is 0. The van der Waals surface area contributed by atoms with Crippen molar-refractivity contribution in [2.45, 2.75) is 110 Å².